The molecule has 0 bridgehead atoms. The van der Waals surface area contributed by atoms with Gasteiger partial charge in [0, 0.05) is 0 Å². The number of rotatable bonds is 1. The Bertz CT molecular complexity index is 108. The molecule has 1 saturated carbocycles. The van der Waals surface area contributed by atoms with Crippen molar-refractivity contribution < 1.29 is 17.9 Å². The molecule has 72 valence electrons. The van der Waals surface area contributed by atoms with E-state index in [4.69, 9.17) is 0 Å². The third-order valence-electron chi connectivity index (χ3n) is 1.47. The standard InChI is InChI=1S/C5H10.C3H3F3O/c1-2-4-5-3-1;1-2-7-3(4,5)6/h1-5H2;2H,1H2. The highest BCUT2D eigenvalue weighted by Gasteiger charge is 2.28. The van der Waals surface area contributed by atoms with Gasteiger partial charge < -0.3 is 4.74 Å². The molecule has 0 amide bonds. The third-order valence-corrected chi connectivity index (χ3v) is 1.47. The van der Waals surface area contributed by atoms with E-state index in [0.717, 1.165) is 0 Å². The van der Waals surface area contributed by atoms with Gasteiger partial charge in [0.15, 0.2) is 0 Å². The van der Waals surface area contributed by atoms with E-state index in [9.17, 15) is 13.2 Å². The molecule has 12 heavy (non-hydrogen) atoms. The average molecular weight is 182 g/mol. The van der Waals surface area contributed by atoms with Crippen LogP contribution in [0.3, 0.4) is 0 Å². The molecule has 0 aromatic rings. The lowest BCUT2D eigenvalue weighted by Gasteiger charge is -2.00. The lowest BCUT2D eigenvalue weighted by atomic mass is 10.4. The average Bonchev–Trinajstić information content (AvgIpc) is 2.38. The molecule has 0 N–H and O–H groups in total. The van der Waals surface area contributed by atoms with Crippen molar-refractivity contribution in [1.82, 2.24) is 0 Å². The Balaban J connectivity index is 0.000000211. The second kappa shape index (κ2) is 5.91. The Kier molecular flexibility index (Phi) is 5.58. The number of alkyl halides is 3. The van der Waals surface area contributed by atoms with E-state index in [1.165, 1.54) is 32.1 Å². The monoisotopic (exact) mass is 182 g/mol. The zero-order valence-corrected chi connectivity index (χ0v) is 6.86. The predicted octanol–water partition coefficient (Wildman–Crippen LogP) is 3.62. The van der Waals surface area contributed by atoms with Gasteiger partial charge >= 0.3 is 6.36 Å². The lowest BCUT2D eigenvalue weighted by Crippen LogP contribution is -2.07. The van der Waals surface area contributed by atoms with Gasteiger partial charge in [-0.2, -0.15) is 0 Å². The smallest absolute Gasteiger partial charge is 0.414 e. The van der Waals surface area contributed by atoms with Crippen LogP contribution < -0.4 is 0 Å². The highest BCUT2D eigenvalue weighted by molar-refractivity contribution is 4.51. The van der Waals surface area contributed by atoms with Crippen molar-refractivity contribution in [1.29, 1.82) is 0 Å². The van der Waals surface area contributed by atoms with Gasteiger partial charge in [-0.3, -0.25) is 0 Å². The Hall–Kier alpha value is -0.670. The van der Waals surface area contributed by atoms with Crippen LogP contribution in [0.2, 0.25) is 0 Å². The summed E-state index contributed by atoms with van der Waals surface area (Å²) < 4.78 is 35.3. The summed E-state index contributed by atoms with van der Waals surface area (Å²) >= 11 is 0. The SMILES string of the molecule is C1CCCC1.C=COC(F)(F)F. The van der Waals surface area contributed by atoms with Gasteiger partial charge in [-0.1, -0.05) is 38.7 Å². The molecule has 1 nitrogen and oxygen atoms in total. The van der Waals surface area contributed by atoms with Crippen molar-refractivity contribution in [2.45, 2.75) is 38.5 Å². The van der Waals surface area contributed by atoms with Crippen molar-refractivity contribution in [3.63, 3.8) is 0 Å². The van der Waals surface area contributed by atoms with E-state index in [0.29, 0.717) is 6.26 Å². The van der Waals surface area contributed by atoms with Crippen LogP contribution in [-0.2, 0) is 4.74 Å². The Labute approximate surface area is 70.2 Å². The summed E-state index contributed by atoms with van der Waals surface area (Å²) in [5, 5.41) is 0. The quantitative estimate of drug-likeness (QED) is 0.563. The first-order chi connectivity index (χ1) is 5.56. The first kappa shape index (κ1) is 11.3. The first-order valence-corrected chi connectivity index (χ1v) is 3.92. The maximum atomic E-state index is 10.8. The minimum Gasteiger partial charge on any atom is -0.414 e. The largest absolute Gasteiger partial charge is 0.572 e. The maximum Gasteiger partial charge on any atom is 0.572 e. The summed E-state index contributed by atoms with van der Waals surface area (Å²) in [4.78, 5) is 0. The molecule has 1 aliphatic carbocycles. The van der Waals surface area contributed by atoms with E-state index in [-0.39, 0.29) is 0 Å². The van der Waals surface area contributed by atoms with Crippen molar-refractivity contribution in [2.75, 3.05) is 0 Å². The molecule has 4 heteroatoms. The van der Waals surface area contributed by atoms with E-state index in [2.05, 4.69) is 11.3 Å². The first-order valence-electron chi connectivity index (χ1n) is 3.92. The van der Waals surface area contributed by atoms with Crippen molar-refractivity contribution in [3.05, 3.63) is 12.8 Å². The molecule has 1 aliphatic rings. The molecule has 0 atom stereocenters. The molecule has 0 aromatic carbocycles. The van der Waals surface area contributed by atoms with Crippen LogP contribution in [-0.4, -0.2) is 6.36 Å². The molecule has 1 fully saturated rings. The summed E-state index contributed by atoms with van der Waals surface area (Å²) in [6.45, 7) is 2.70. The van der Waals surface area contributed by atoms with Crippen LogP contribution in [0.5, 0.6) is 0 Å². The van der Waals surface area contributed by atoms with Crippen LogP contribution >= 0.6 is 0 Å². The number of hydrogen-bond acceptors (Lipinski definition) is 1. The highest BCUT2D eigenvalue weighted by atomic mass is 19.4. The number of hydrogen-bond donors (Lipinski definition) is 0. The van der Waals surface area contributed by atoms with E-state index in [1.54, 1.807) is 0 Å². The van der Waals surface area contributed by atoms with E-state index in [1.807, 2.05) is 0 Å². The molecule has 0 spiro atoms. The van der Waals surface area contributed by atoms with Crippen LogP contribution in [0.15, 0.2) is 12.8 Å². The van der Waals surface area contributed by atoms with Crippen molar-refractivity contribution >= 4 is 0 Å². The molecular weight excluding hydrogens is 169 g/mol. The van der Waals surface area contributed by atoms with Crippen molar-refractivity contribution in [3.8, 4) is 0 Å². The Morgan fingerprint density at radius 3 is 1.42 bits per heavy atom. The van der Waals surface area contributed by atoms with Gasteiger partial charge in [-0.15, -0.1) is 13.2 Å². The summed E-state index contributed by atoms with van der Waals surface area (Å²) in [5.74, 6) is 0. The zero-order valence-electron chi connectivity index (χ0n) is 6.86. The fourth-order valence-corrected chi connectivity index (χ4v) is 0.978. The predicted molar refractivity (Wildman–Crippen MR) is 40.4 cm³/mol. The van der Waals surface area contributed by atoms with E-state index >= 15 is 0 Å². The fraction of sp³-hybridized carbons (Fsp3) is 0.750. The van der Waals surface area contributed by atoms with Crippen molar-refractivity contribution in [2.24, 2.45) is 0 Å². The van der Waals surface area contributed by atoms with Gasteiger partial charge in [-0.25, -0.2) is 0 Å². The molecule has 0 unspecified atom stereocenters. The van der Waals surface area contributed by atoms with Gasteiger partial charge in [0.1, 0.15) is 0 Å². The second-order valence-corrected chi connectivity index (χ2v) is 2.50. The molecule has 0 aromatic heterocycles. The Morgan fingerprint density at radius 2 is 1.33 bits per heavy atom. The second-order valence-electron chi connectivity index (χ2n) is 2.50. The topological polar surface area (TPSA) is 9.23 Å². The molecule has 0 aliphatic heterocycles. The van der Waals surface area contributed by atoms with Crippen LogP contribution in [0.25, 0.3) is 0 Å². The molecule has 1 rings (SSSR count). The highest BCUT2D eigenvalue weighted by Crippen LogP contribution is 2.15. The number of halogens is 3. The molecule has 0 saturated heterocycles. The molecular formula is C8H13F3O. The summed E-state index contributed by atoms with van der Waals surface area (Å²) in [7, 11) is 0. The summed E-state index contributed by atoms with van der Waals surface area (Å²) in [5.41, 5.74) is 0. The number of ether oxygens (including phenoxy) is 1. The zero-order chi connectivity index (χ0) is 9.45. The van der Waals surface area contributed by atoms with Crippen LogP contribution in [0.4, 0.5) is 13.2 Å². The lowest BCUT2D eigenvalue weighted by molar-refractivity contribution is -0.297. The Morgan fingerprint density at radius 1 is 1.00 bits per heavy atom. The fourth-order valence-electron chi connectivity index (χ4n) is 0.978. The molecule has 0 radical (unpaired) electrons. The summed E-state index contributed by atoms with van der Waals surface area (Å²) in [6.07, 6.45) is 3.27. The maximum absolute atomic E-state index is 10.8. The van der Waals surface area contributed by atoms with Gasteiger partial charge in [0.2, 0.25) is 0 Å². The van der Waals surface area contributed by atoms with Gasteiger partial charge in [0.05, 0.1) is 6.26 Å². The van der Waals surface area contributed by atoms with E-state index < -0.39 is 6.36 Å². The summed E-state index contributed by atoms with van der Waals surface area (Å²) in [6, 6.07) is 0. The minimum absolute atomic E-state index is 0.333. The third kappa shape index (κ3) is 9.33. The van der Waals surface area contributed by atoms with Gasteiger partial charge in [0.25, 0.3) is 0 Å². The normalized spacial score (nSPS) is 16.2. The molecule has 0 heterocycles. The van der Waals surface area contributed by atoms with Crippen LogP contribution in [0.1, 0.15) is 32.1 Å². The van der Waals surface area contributed by atoms with Gasteiger partial charge in [-0.05, 0) is 0 Å². The van der Waals surface area contributed by atoms with Crippen LogP contribution in [0, 0.1) is 0 Å². The minimum atomic E-state index is -4.57.